The highest BCUT2D eigenvalue weighted by Gasteiger charge is 2.27. The Kier molecular flexibility index (Phi) is 8.78. The zero-order valence-electron chi connectivity index (χ0n) is 14.2. The predicted molar refractivity (Wildman–Crippen MR) is 105 cm³/mol. The molecular weight excluding hydrogens is 387 g/mol. The number of alkyl halides is 3. The fourth-order valence-electron chi connectivity index (χ4n) is 1.86. The minimum absolute atomic E-state index is 0.0887. The normalized spacial score (nSPS) is 15.8. The standard InChI is InChI=1S/C17H23Cl3N2OS/c1-11(2)14(16-21-9-10-24-16)22-15(23)12(3)7-5-6-8-13(4)17(18,19)20/h5-7,9-11,13-14H,8H2,1-4H3,(H,22,23)/b6-5+,12-7+/t13-,14-/m0/s1. The summed E-state index contributed by atoms with van der Waals surface area (Å²) in [5.41, 5.74) is 0.620. The van der Waals surface area contributed by atoms with E-state index in [2.05, 4.69) is 24.1 Å². The van der Waals surface area contributed by atoms with E-state index in [0.717, 1.165) is 5.01 Å². The van der Waals surface area contributed by atoms with Crippen molar-refractivity contribution in [1.29, 1.82) is 0 Å². The summed E-state index contributed by atoms with van der Waals surface area (Å²) >= 11 is 19.0. The van der Waals surface area contributed by atoms with Gasteiger partial charge in [0.1, 0.15) is 5.01 Å². The van der Waals surface area contributed by atoms with Crippen molar-refractivity contribution < 1.29 is 4.79 Å². The largest absolute Gasteiger partial charge is 0.343 e. The first-order valence-electron chi connectivity index (χ1n) is 7.73. The van der Waals surface area contributed by atoms with Gasteiger partial charge in [0.05, 0.1) is 6.04 Å². The first-order valence-corrected chi connectivity index (χ1v) is 9.74. The highest BCUT2D eigenvalue weighted by atomic mass is 35.6. The molecule has 0 aliphatic heterocycles. The van der Waals surface area contributed by atoms with Gasteiger partial charge in [0.2, 0.25) is 5.91 Å². The van der Waals surface area contributed by atoms with Crippen LogP contribution in [0.5, 0.6) is 0 Å². The summed E-state index contributed by atoms with van der Waals surface area (Å²) in [5, 5.41) is 5.86. The second-order valence-electron chi connectivity index (χ2n) is 6.02. The Hall–Kier alpha value is -0.550. The van der Waals surface area contributed by atoms with Crippen molar-refractivity contribution >= 4 is 52.0 Å². The Bertz CT molecular complexity index is 577. The molecule has 3 nitrogen and oxygen atoms in total. The monoisotopic (exact) mass is 408 g/mol. The minimum atomic E-state index is -1.28. The predicted octanol–water partition coefficient (Wildman–Crippen LogP) is 5.86. The molecule has 2 atom stereocenters. The van der Waals surface area contributed by atoms with E-state index < -0.39 is 3.79 Å². The SMILES string of the molecule is C/C(=C\C=C\C[C@H](C)C(Cl)(Cl)Cl)C(=O)N[C@H](c1nccs1)C(C)C. The second kappa shape index (κ2) is 9.81. The third-order valence-electron chi connectivity index (χ3n) is 3.56. The van der Waals surface area contributed by atoms with Crippen molar-refractivity contribution in [1.82, 2.24) is 10.3 Å². The van der Waals surface area contributed by atoms with E-state index >= 15 is 0 Å². The van der Waals surface area contributed by atoms with E-state index in [1.54, 1.807) is 30.5 Å². The van der Waals surface area contributed by atoms with Gasteiger partial charge >= 0.3 is 0 Å². The summed E-state index contributed by atoms with van der Waals surface area (Å²) in [5.74, 6) is 0.0491. The molecule has 0 radical (unpaired) electrons. The van der Waals surface area contributed by atoms with Gasteiger partial charge in [-0.25, -0.2) is 4.98 Å². The quantitative estimate of drug-likeness (QED) is 0.348. The Morgan fingerprint density at radius 3 is 2.54 bits per heavy atom. The van der Waals surface area contributed by atoms with Gasteiger partial charge < -0.3 is 5.32 Å². The molecule has 1 rings (SSSR count). The van der Waals surface area contributed by atoms with Crippen LogP contribution >= 0.6 is 46.1 Å². The number of hydrogen-bond donors (Lipinski definition) is 1. The summed E-state index contributed by atoms with van der Waals surface area (Å²) < 4.78 is -1.28. The van der Waals surface area contributed by atoms with Gasteiger partial charge in [0.25, 0.3) is 0 Å². The zero-order valence-corrected chi connectivity index (χ0v) is 17.3. The molecule has 1 aromatic rings. The van der Waals surface area contributed by atoms with Crippen LogP contribution in [0.1, 0.15) is 45.2 Å². The number of hydrogen-bond acceptors (Lipinski definition) is 3. The van der Waals surface area contributed by atoms with E-state index in [9.17, 15) is 4.79 Å². The van der Waals surface area contributed by atoms with Gasteiger partial charge in [-0.15, -0.1) is 11.3 Å². The summed E-state index contributed by atoms with van der Waals surface area (Å²) in [6, 6.07) is -0.0887. The number of carbonyl (C=O) groups excluding carboxylic acids is 1. The molecule has 1 amide bonds. The maximum atomic E-state index is 12.3. The van der Waals surface area contributed by atoms with E-state index in [1.807, 2.05) is 24.5 Å². The Balaban J connectivity index is 2.63. The maximum Gasteiger partial charge on any atom is 0.247 e. The van der Waals surface area contributed by atoms with Crippen LogP contribution in [0.3, 0.4) is 0 Å². The zero-order chi connectivity index (χ0) is 18.3. The minimum Gasteiger partial charge on any atom is -0.343 e. The second-order valence-corrected chi connectivity index (χ2v) is 9.32. The van der Waals surface area contributed by atoms with E-state index in [1.165, 1.54) is 0 Å². The van der Waals surface area contributed by atoms with E-state index in [0.29, 0.717) is 12.0 Å². The summed E-state index contributed by atoms with van der Waals surface area (Å²) in [6.45, 7) is 7.76. The topological polar surface area (TPSA) is 42.0 Å². The smallest absolute Gasteiger partial charge is 0.247 e. The number of allylic oxidation sites excluding steroid dienone is 3. The van der Waals surface area contributed by atoms with Crippen molar-refractivity contribution in [3.63, 3.8) is 0 Å². The Morgan fingerprint density at radius 2 is 2.04 bits per heavy atom. The first-order chi connectivity index (χ1) is 11.1. The number of amides is 1. The van der Waals surface area contributed by atoms with Crippen LogP contribution in [-0.2, 0) is 4.79 Å². The fraction of sp³-hybridized carbons (Fsp3) is 0.529. The number of carbonyl (C=O) groups is 1. The van der Waals surface area contributed by atoms with Crippen LogP contribution in [0.2, 0.25) is 0 Å². The van der Waals surface area contributed by atoms with Gasteiger partial charge in [-0.05, 0) is 19.3 Å². The molecule has 0 saturated heterocycles. The molecule has 7 heteroatoms. The Labute approximate surface area is 163 Å². The lowest BCUT2D eigenvalue weighted by molar-refractivity contribution is -0.118. The molecule has 0 unspecified atom stereocenters. The molecule has 0 fully saturated rings. The molecule has 134 valence electrons. The third kappa shape index (κ3) is 7.14. The summed E-state index contributed by atoms with van der Waals surface area (Å²) in [4.78, 5) is 16.6. The first kappa shape index (κ1) is 21.5. The average Bonchev–Trinajstić information content (AvgIpc) is 3.00. The molecule has 0 saturated carbocycles. The number of aromatic nitrogens is 1. The van der Waals surface area contributed by atoms with Crippen LogP contribution in [0.15, 0.2) is 35.4 Å². The van der Waals surface area contributed by atoms with Crippen LogP contribution in [0.25, 0.3) is 0 Å². The third-order valence-corrected chi connectivity index (χ3v) is 5.54. The molecule has 24 heavy (non-hydrogen) atoms. The summed E-state index contributed by atoms with van der Waals surface area (Å²) in [6.07, 6.45) is 7.84. The van der Waals surface area contributed by atoms with E-state index in [4.69, 9.17) is 34.8 Å². The van der Waals surface area contributed by atoms with Crippen molar-refractivity contribution in [2.24, 2.45) is 11.8 Å². The molecule has 0 spiro atoms. The lowest BCUT2D eigenvalue weighted by atomic mass is 10.0. The van der Waals surface area contributed by atoms with Crippen molar-refractivity contribution in [3.05, 3.63) is 40.4 Å². The molecule has 1 N–H and O–H groups in total. The number of thiazole rings is 1. The molecule has 0 aliphatic carbocycles. The van der Waals surface area contributed by atoms with Crippen molar-refractivity contribution in [2.75, 3.05) is 0 Å². The van der Waals surface area contributed by atoms with Crippen LogP contribution in [0, 0.1) is 11.8 Å². The molecule has 0 aliphatic rings. The lowest BCUT2D eigenvalue weighted by Crippen LogP contribution is -2.32. The summed E-state index contributed by atoms with van der Waals surface area (Å²) in [7, 11) is 0. The van der Waals surface area contributed by atoms with Crippen LogP contribution in [0.4, 0.5) is 0 Å². The van der Waals surface area contributed by atoms with Gasteiger partial charge in [0.15, 0.2) is 3.79 Å². The van der Waals surface area contributed by atoms with Gasteiger partial charge in [-0.3, -0.25) is 4.79 Å². The fourth-order valence-corrected chi connectivity index (χ4v) is 2.99. The van der Waals surface area contributed by atoms with Crippen LogP contribution in [-0.4, -0.2) is 14.7 Å². The molecule has 1 heterocycles. The Morgan fingerprint density at radius 1 is 1.38 bits per heavy atom. The number of nitrogens with one attached hydrogen (secondary N) is 1. The van der Waals surface area contributed by atoms with Gasteiger partial charge in [-0.1, -0.05) is 73.8 Å². The van der Waals surface area contributed by atoms with Gasteiger partial charge in [-0.2, -0.15) is 0 Å². The maximum absolute atomic E-state index is 12.3. The highest BCUT2D eigenvalue weighted by Crippen LogP contribution is 2.36. The van der Waals surface area contributed by atoms with E-state index in [-0.39, 0.29) is 23.8 Å². The van der Waals surface area contributed by atoms with Crippen LogP contribution < -0.4 is 5.32 Å². The van der Waals surface area contributed by atoms with Gasteiger partial charge in [0, 0.05) is 23.1 Å². The van der Waals surface area contributed by atoms with Crippen molar-refractivity contribution in [3.8, 4) is 0 Å². The highest BCUT2D eigenvalue weighted by molar-refractivity contribution is 7.09. The molecule has 0 bridgehead atoms. The van der Waals surface area contributed by atoms with Crippen molar-refractivity contribution in [2.45, 2.75) is 44.0 Å². The number of halogens is 3. The molecule has 0 aromatic carbocycles. The molecule has 1 aromatic heterocycles. The number of rotatable bonds is 7. The molecular formula is C17H23Cl3N2OS. The lowest BCUT2D eigenvalue weighted by Gasteiger charge is -2.20. The average molecular weight is 410 g/mol. The number of nitrogens with zero attached hydrogens (tertiary/aromatic N) is 1.